The summed E-state index contributed by atoms with van der Waals surface area (Å²) in [5, 5.41) is 9.38. The highest BCUT2D eigenvalue weighted by Gasteiger charge is 2.32. The molecule has 1 aromatic carbocycles. The number of nitrogens with zero attached hydrogens (tertiary/aromatic N) is 1. The topological polar surface area (TPSA) is 129 Å². The zero-order valence-electron chi connectivity index (χ0n) is 13.3. The quantitative estimate of drug-likeness (QED) is 0.599. The highest BCUT2D eigenvalue weighted by Crippen LogP contribution is 2.24. The number of urea groups is 2. The molecular weight excluding hydrogens is 338 g/mol. The molecule has 4 N–H and O–H groups in total. The van der Waals surface area contributed by atoms with Crippen molar-refractivity contribution in [2.24, 2.45) is 0 Å². The van der Waals surface area contributed by atoms with E-state index in [4.69, 9.17) is 0 Å². The summed E-state index contributed by atoms with van der Waals surface area (Å²) in [6, 6.07) is 8.07. The van der Waals surface area contributed by atoms with Crippen LogP contribution in [0.25, 0.3) is 11.1 Å². The lowest BCUT2D eigenvalue weighted by Crippen LogP contribution is -2.22. The van der Waals surface area contributed by atoms with Crippen LogP contribution in [-0.4, -0.2) is 28.9 Å². The summed E-state index contributed by atoms with van der Waals surface area (Å²) < 4.78 is 0. The number of carbonyl (C=O) groups is 4. The van der Waals surface area contributed by atoms with E-state index in [-0.39, 0.29) is 5.91 Å². The van der Waals surface area contributed by atoms with Crippen molar-refractivity contribution >= 4 is 23.9 Å². The fraction of sp³-hybridized carbons (Fsp3) is 0.118. The zero-order valence-corrected chi connectivity index (χ0v) is 13.3. The summed E-state index contributed by atoms with van der Waals surface area (Å²) >= 11 is 0. The second-order valence-corrected chi connectivity index (χ2v) is 5.89. The van der Waals surface area contributed by atoms with E-state index in [0.717, 1.165) is 11.1 Å². The molecule has 2 aliphatic heterocycles. The molecule has 1 aromatic heterocycles. The predicted octanol–water partition coefficient (Wildman–Crippen LogP) is 0.510. The van der Waals surface area contributed by atoms with Gasteiger partial charge in [-0.1, -0.05) is 30.3 Å². The van der Waals surface area contributed by atoms with Crippen molar-refractivity contribution in [2.45, 2.75) is 12.1 Å². The third kappa shape index (κ3) is 2.75. The fourth-order valence-electron chi connectivity index (χ4n) is 2.89. The molecular formula is C17H13N5O4. The summed E-state index contributed by atoms with van der Waals surface area (Å²) in [4.78, 5) is 50.0. The number of carbonyl (C=O) groups excluding carboxylic acids is 4. The summed E-state index contributed by atoms with van der Waals surface area (Å²) in [6.45, 7) is 0. The first kappa shape index (κ1) is 15.8. The van der Waals surface area contributed by atoms with Gasteiger partial charge in [0.25, 0.3) is 11.8 Å². The summed E-state index contributed by atoms with van der Waals surface area (Å²) in [6.07, 6.45) is 1.60. The second kappa shape index (κ2) is 5.96. The Morgan fingerprint density at radius 1 is 0.692 bits per heavy atom. The minimum atomic E-state index is -0.789. The summed E-state index contributed by atoms with van der Waals surface area (Å²) in [7, 11) is 0. The second-order valence-electron chi connectivity index (χ2n) is 5.89. The fourth-order valence-corrected chi connectivity index (χ4v) is 2.89. The lowest BCUT2D eigenvalue weighted by atomic mass is 10.0. The number of amides is 6. The normalized spacial score (nSPS) is 21.8. The minimum absolute atomic E-state index is 0.384. The van der Waals surface area contributed by atoms with Gasteiger partial charge in [0.15, 0.2) is 6.04 Å². The molecule has 3 heterocycles. The van der Waals surface area contributed by atoms with E-state index in [1.54, 1.807) is 30.5 Å². The number of imide groups is 2. The van der Waals surface area contributed by atoms with Gasteiger partial charge in [-0.2, -0.15) is 0 Å². The Morgan fingerprint density at radius 2 is 1.27 bits per heavy atom. The van der Waals surface area contributed by atoms with E-state index < -0.39 is 30.1 Å². The van der Waals surface area contributed by atoms with E-state index in [0.29, 0.717) is 11.3 Å². The van der Waals surface area contributed by atoms with Crippen molar-refractivity contribution in [3.8, 4) is 11.1 Å². The molecule has 26 heavy (non-hydrogen) atoms. The Morgan fingerprint density at radius 3 is 1.77 bits per heavy atom. The van der Waals surface area contributed by atoms with Gasteiger partial charge in [0, 0.05) is 11.8 Å². The van der Waals surface area contributed by atoms with E-state index in [1.165, 1.54) is 0 Å². The van der Waals surface area contributed by atoms with Crippen LogP contribution in [-0.2, 0) is 9.59 Å². The highest BCUT2D eigenvalue weighted by molar-refractivity contribution is 6.05. The standard InChI is InChI=1S/C17H13N5O4/c23-14-12(19-16(25)21-14)9-3-1-8(2-4-9)10-5-6-11(18-7-10)13-15(24)22-17(26)20-13/h1-7,12-13H,(H2,19,21,23,25)(H2,20,22,24,26). The lowest BCUT2D eigenvalue weighted by molar-refractivity contribution is -0.121. The van der Waals surface area contributed by atoms with Crippen molar-refractivity contribution in [1.29, 1.82) is 0 Å². The number of nitrogens with one attached hydrogen (secondary N) is 4. The Kier molecular flexibility index (Phi) is 3.61. The number of hydrogen-bond acceptors (Lipinski definition) is 5. The van der Waals surface area contributed by atoms with Gasteiger partial charge in [-0.15, -0.1) is 0 Å². The average Bonchev–Trinajstić information content (AvgIpc) is 3.15. The van der Waals surface area contributed by atoms with Crippen LogP contribution in [0.5, 0.6) is 0 Å². The van der Waals surface area contributed by atoms with Gasteiger partial charge >= 0.3 is 12.1 Å². The highest BCUT2D eigenvalue weighted by atomic mass is 16.2. The number of rotatable bonds is 3. The third-order valence-electron chi connectivity index (χ3n) is 4.21. The van der Waals surface area contributed by atoms with Crippen molar-refractivity contribution < 1.29 is 19.2 Å². The number of hydrogen-bond donors (Lipinski definition) is 4. The SMILES string of the molecule is O=C1NC(=O)C(c2ccc(-c3ccc(C4NC(=O)NC4=O)nc3)cc2)N1. The van der Waals surface area contributed by atoms with Crippen molar-refractivity contribution in [1.82, 2.24) is 26.3 Å². The first-order chi connectivity index (χ1) is 12.5. The Hall–Kier alpha value is -3.75. The molecule has 0 bridgehead atoms. The van der Waals surface area contributed by atoms with Crippen LogP contribution < -0.4 is 21.3 Å². The maximum atomic E-state index is 11.7. The van der Waals surface area contributed by atoms with Crippen molar-refractivity contribution in [3.05, 3.63) is 53.9 Å². The van der Waals surface area contributed by atoms with E-state index in [9.17, 15) is 19.2 Å². The molecule has 6 amide bonds. The Labute approximate surface area is 147 Å². The van der Waals surface area contributed by atoms with Crippen LogP contribution in [0.1, 0.15) is 23.3 Å². The van der Waals surface area contributed by atoms with Crippen LogP contribution >= 0.6 is 0 Å². The summed E-state index contributed by atoms with van der Waals surface area (Å²) in [5.41, 5.74) is 2.79. The molecule has 9 heteroatoms. The molecule has 2 unspecified atom stereocenters. The van der Waals surface area contributed by atoms with Gasteiger partial charge in [0.1, 0.15) is 6.04 Å². The Bertz CT molecular complexity index is 846. The molecule has 0 aliphatic carbocycles. The maximum absolute atomic E-state index is 11.7. The van der Waals surface area contributed by atoms with Crippen molar-refractivity contribution in [2.75, 3.05) is 0 Å². The van der Waals surface area contributed by atoms with Gasteiger partial charge in [-0.3, -0.25) is 25.2 Å². The van der Waals surface area contributed by atoms with Gasteiger partial charge in [-0.05, 0) is 17.2 Å². The van der Waals surface area contributed by atoms with E-state index >= 15 is 0 Å². The maximum Gasteiger partial charge on any atom is 0.322 e. The first-order valence-corrected chi connectivity index (χ1v) is 7.80. The molecule has 2 saturated heterocycles. The molecule has 0 radical (unpaired) electrons. The molecule has 0 spiro atoms. The number of benzene rings is 1. The third-order valence-corrected chi connectivity index (χ3v) is 4.21. The minimum Gasteiger partial charge on any atom is -0.322 e. The van der Waals surface area contributed by atoms with Crippen LogP contribution in [0, 0.1) is 0 Å². The van der Waals surface area contributed by atoms with E-state index in [2.05, 4.69) is 26.3 Å². The monoisotopic (exact) mass is 351 g/mol. The van der Waals surface area contributed by atoms with Gasteiger partial charge in [0.05, 0.1) is 5.69 Å². The predicted molar refractivity (Wildman–Crippen MR) is 88.5 cm³/mol. The van der Waals surface area contributed by atoms with E-state index in [1.807, 2.05) is 12.1 Å². The van der Waals surface area contributed by atoms with Crippen LogP contribution in [0.15, 0.2) is 42.6 Å². The molecule has 2 fully saturated rings. The molecule has 2 aromatic rings. The summed E-state index contributed by atoms with van der Waals surface area (Å²) in [5.74, 6) is -0.817. The number of pyridine rings is 1. The molecule has 4 rings (SSSR count). The molecule has 0 saturated carbocycles. The molecule has 2 atom stereocenters. The van der Waals surface area contributed by atoms with Gasteiger partial charge in [-0.25, -0.2) is 9.59 Å². The largest absolute Gasteiger partial charge is 0.322 e. The lowest BCUT2D eigenvalue weighted by Gasteiger charge is -2.10. The molecule has 130 valence electrons. The zero-order chi connectivity index (χ0) is 18.3. The van der Waals surface area contributed by atoms with Crippen LogP contribution in [0.4, 0.5) is 9.59 Å². The van der Waals surface area contributed by atoms with Crippen molar-refractivity contribution in [3.63, 3.8) is 0 Å². The molecule has 9 nitrogen and oxygen atoms in total. The van der Waals surface area contributed by atoms with Crippen LogP contribution in [0.3, 0.4) is 0 Å². The first-order valence-electron chi connectivity index (χ1n) is 7.80. The Balaban J connectivity index is 1.53. The van der Waals surface area contributed by atoms with Gasteiger partial charge < -0.3 is 10.6 Å². The number of aromatic nitrogens is 1. The van der Waals surface area contributed by atoms with Crippen LogP contribution in [0.2, 0.25) is 0 Å². The van der Waals surface area contributed by atoms with Gasteiger partial charge in [0.2, 0.25) is 0 Å². The average molecular weight is 351 g/mol. The smallest absolute Gasteiger partial charge is 0.322 e. The molecule has 2 aliphatic rings.